The van der Waals surface area contributed by atoms with E-state index in [4.69, 9.17) is 16.3 Å². The molecule has 0 bridgehead atoms. The number of carbonyl (C=O) groups excluding carboxylic acids is 1. The molecule has 0 saturated heterocycles. The van der Waals surface area contributed by atoms with Crippen molar-refractivity contribution in [3.63, 3.8) is 0 Å². The predicted octanol–water partition coefficient (Wildman–Crippen LogP) is 2.66. The van der Waals surface area contributed by atoms with Crippen molar-refractivity contribution in [1.29, 1.82) is 0 Å². The average Bonchev–Trinajstić information content (AvgIpc) is 2.95. The van der Waals surface area contributed by atoms with Gasteiger partial charge in [0.2, 0.25) is 0 Å². The number of hydrogen-bond acceptors (Lipinski definition) is 4. The van der Waals surface area contributed by atoms with Gasteiger partial charge in [0.15, 0.2) is 5.82 Å². The largest absolute Gasteiger partial charge is 0.493 e. The van der Waals surface area contributed by atoms with E-state index in [1.165, 1.54) is 0 Å². The standard InChI is InChI=1S/C16H20ClN5O2/c1-2-22-10-19-21-15(22)9-18-16(23)20-13-4-3-7-24-14-8-11(17)5-6-12(13)14/h5-6,8,10,13H,2-4,7,9H2,1H3,(H2,18,20,23)/t13-/m1/s1. The SMILES string of the molecule is CCn1cnnc1CNC(=O)N[C@@H]1CCCOc2cc(Cl)ccc21. The lowest BCUT2D eigenvalue weighted by molar-refractivity contribution is 0.235. The zero-order chi connectivity index (χ0) is 16.9. The van der Waals surface area contributed by atoms with Gasteiger partial charge in [-0.3, -0.25) is 0 Å². The molecule has 128 valence electrons. The van der Waals surface area contributed by atoms with Crippen LogP contribution in [0, 0.1) is 0 Å². The molecule has 2 N–H and O–H groups in total. The second kappa shape index (κ2) is 7.53. The summed E-state index contributed by atoms with van der Waals surface area (Å²) in [5.74, 6) is 1.46. The molecule has 0 unspecified atom stereocenters. The lowest BCUT2D eigenvalue weighted by Gasteiger charge is -2.19. The summed E-state index contributed by atoms with van der Waals surface area (Å²) in [4.78, 5) is 12.2. The number of amides is 2. The second-order valence-electron chi connectivity index (χ2n) is 5.59. The zero-order valence-electron chi connectivity index (χ0n) is 13.5. The van der Waals surface area contributed by atoms with Crippen LogP contribution in [0.3, 0.4) is 0 Å². The van der Waals surface area contributed by atoms with E-state index in [2.05, 4.69) is 20.8 Å². The maximum atomic E-state index is 12.2. The van der Waals surface area contributed by atoms with Crippen LogP contribution in [0.1, 0.15) is 37.2 Å². The van der Waals surface area contributed by atoms with E-state index in [1.54, 1.807) is 12.4 Å². The third-order valence-corrected chi connectivity index (χ3v) is 4.23. The molecule has 1 atom stereocenters. The summed E-state index contributed by atoms with van der Waals surface area (Å²) < 4.78 is 7.60. The number of ether oxygens (including phenoxy) is 1. The van der Waals surface area contributed by atoms with Crippen LogP contribution in [0.5, 0.6) is 5.75 Å². The third kappa shape index (κ3) is 3.79. The monoisotopic (exact) mass is 349 g/mol. The predicted molar refractivity (Wildman–Crippen MR) is 90.0 cm³/mol. The molecule has 24 heavy (non-hydrogen) atoms. The number of nitrogens with one attached hydrogen (secondary N) is 2. The van der Waals surface area contributed by atoms with E-state index in [1.807, 2.05) is 23.6 Å². The van der Waals surface area contributed by atoms with Gasteiger partial charge in [-0.15, -0.1) is 10.2 Å². The Morgan fingerprint density at radius 3 is 3.21 bits per heavy atom. The molecular weight excluding hydrogens is 330 g/mol. The average molecular weight is 350 g/mol. The van der Waals surface area contributed by atoms with Crippen LogP contribution in [0.4, 0.5) is 4.79 Å². The highest BCUT2D eigenvalue weighted by molar-refractivity contribution is 6.30. The number of aromatic nitrogens is 3. The molecular formula is C16H20ClN5O2. The molecule has 1 aromatic heterocycles. The summed E-state index contributed by atoms with van der Waals surface area (Å²) in [5, 5.41) is 14.3. The molecule has 2 amide bonds. The van der Waals surface area contributed by atoms with Crippen molar-refractivity contribution < 1.29 is 9.53 Å². The van der Waals surface area contributed by atoms with Gasteiger partial charge in [-0.05, 0) is 31.9 Å². The Hall–Kier alpha value is -2.28. The lowest BCUT2D eigenvalue weighted by atomic mass is 10.0. The Labute approximate surface area is 145 Å². The van der Waals surface area contributed by atoms with E-state index in [0.717, 1.165) is 36.5 Å². The number of carbonyl (C=O) groups is 1. The number of nitrogens with zero attached hydrogens (tertiary/aromatic N) is 3. The van der Waals surface area contributed by atoms with Gasteiger partial charge in [0.1, 0.15) is 12.1 Å². The van der Waals surface area contributed by atoms with Crippen LogP contribution in [0.25, 0.3) is 0 Å². The Balaban J connectivity index is 1.64. The summed E-state index contributed by atoms with van der Waals surface area (Å²) in [5.41, 5.74) is 0.948. The lowest BCUT2D eigenvalue weighted by Crippen LogP contribution is -2.38. The van der Waals surface area contributed by atoms with Crippen molar-refractivity contribution in [3.05, 3.63) is 40.9 Å². The number of benzene rings is 1. The molecule has 2 aromatic rings. The molecule has 1 aliphatic heterocycles. The van der Waals surface area contributed by atoms with Crippen LogP contribution in [0.2, 0.25) is 5.02 Å². The first-order valence-electron chi connectivity index (χ1n) is 8.00. The molecule has 7 nitrogen and oxygen atoms in total. The fourth-order valence-electron chi connectivity index (χ4n) is 2.74. The van der Waals surface area contributed by atoms with Crippen molar-refractivity contribution in [3.8, 4) is 5.75 Å². The van der Waals surface area contributed by atoms with Crippen molar-refractivity contribution in [2.24, 2.45) is 0 Å². The molecule has 0 fully saturated rings. The van der Waals surface area contributed by atoms with E-state index in [-0.39, 0.29) is 12.1 Å². The molecule has 8 heteroatoms. The molecule has 2 heterocycles. The van der Waals surface area contributed by atoms with Gasteiger partial charge in [-0.2, -0.15) is 0 Å². The van der Waals surface area contributed by atoms with Gasteiger partial charge in [0.05, 0.1) is 19.2 Å². The molecule has 0 saturated carbocycles. The number of fused-ring (bicyclic) bond motifs is 1. The van der Waals surface area contributed by atoms with Gasteiger partial charge in [-0.1, -0.05) is 17.7 Å². The Morgan fingerprint density at radius 2 is 2.38 bits per heavy atom. The summed E-state index contributed by atoms with van der Waals surface area (Å²) in [7, 11) is 0. The van der Waals surface area contributed by atoms with Crippen molar-refractivity contribution in [2.75, 3.05) is 6.61 Å². The molecule has 0 radical (unpaired) electrons. The minimum atomic E-state index is -0.242. The third-order valence-electron chi connectivity index (χ3n) is 3.99. The second-order valence-corrected chi connectivity index (χ2v) is 6.02. The van der Waals surface area contributed by atoms with E-state index < -0.39 is 0 Å². The van der Waals surface area contributed by atoms with Crippen molar-refractivity contribution >= 4 is 17.6 Å². The van der Waals surface area contributed by atoms with E-state index in [9.17, 15) is 4.79 Å². The van der Waals surface area contributed by atoms with Crippen LogP contribution in [0.15, 0.2) is 24.5 Å². The Kier molecular flexibility index (Phi) is 5.20. The Bertz CT molecular complexity index is 718. The first kappa shape index (κ1) is 16.6. The summed E-state index contributed by atoms with van der Waals surface area (Å²) >= 11 is 6.02. The van der Waals surface area contributed by atoms with Crippen LogP contribution < -0.4 is 15.4 Å². The molecule has 0 aliphatic carbocycles. The van der Waals surface area contributed by atoms with E-state index in [0.29, 0.717) is 18.2 Å². The highest BCUT2D eigenvalue weighted by Gasteiger charge is 2.21. The van der Waals surface area contributed by atoms with Gasteiger partial charge < -0.3 is 19.9 Å². The summed E-state index contributed by atoms with van der Waals surface area (Å²) in [6.07, 6.45) is 3.33. The fraction of sp³-hybridized carbons (Fsp3) is 0.438. The smallest absolute Gasteiger partial charge is 0.315 e. The Morgan fingerprint density at radius 1 is 1.50 bits per heavy atom. The van der Waals surface area contributed by atoms with Gasteiger partial charge in [-0.25, -0.2) is 4.79 Å². The number of urea groups is 1. The van der Waals surface area contributed by atoms with Crippen LogP contribution in [-0.2, 0) is 13.1 Å². The highest BCUT2D eigenvalue weighted by Crippen LogP contribution is 2.33. The van der Waals surface area contributed by atoms with Gasteiger partial charge in [0, 0.05) is 17.1 Å². The van der Waals surface area contributed by atoms with Crippen molar-refractivity contribution in [2.45, 2.75) is 38.9 Å². The minimum Gasteiger partial charge on any atom is -0.493 e. The number of hydrogen-bond donors (Lipinski definition) is 2. The number of halogens is 1. The van der Waals surface area contributed by atoms with Gasteiger partial charge >= 0.3 is 6.03 Å². The first-order chi connectivity index (χ1) is 11.7. The summed E-state index contributed by atoms with van der Waals surface area (Å²) in [6, 6.07) is 5.16. The van der Waals surface area contributed by atoms with Gasteiger partial charge in [0.25, 0.3) is 0 Å². The molecule has 1 aliphatic rings. The maximum Gasteiger partial charge on any atom is 0.315 e. The zero-order valence-corrected chi connectivity index (χ0v) is 14.2. The topological polar surface area (TPSA) is 81.1 Å². The van der Waals surface area contributed by atoms with Crippen LogP contribution >= 0.6 is 11.6 Å². The quantitative estimate of drug-likeness (QED) is 0.889. The highest BCUT2D eigenvalue weighted by atomic mass is 35.5. The first-order valence-corrected chi connectivity index (χ1v) is 8.38. The van der Waals surface area contributed by atoms with Crippen molar-refractivity contribution in [1.82, 2.24) is 25.4 Å². The fourth-order valence-corrected chi connectivity index (χ4v) is 2.91. The number of rotatable bonds is 4. The van der Waals surface area contributed by atoms with E-state index >= 15 is 0 Å². The normalized spacial score (nSPS) is 16.7. The maximum absolute atomic E-state index is 12.2. The molecule has 1 aromatic carbocycles. The minimum absolute atomic E-state index is 0.108. The molecule has 3 rings (SSSR count). The number of aryl methyl sites for hydroxylation is 1. The van der Waals surface area contributed by atoms with Crippen LogP contribution in [-0.4, -0.2) is 27.4 Å². The summed E-state index contributed by atoms with van der Waals surface area (Å²) in [6.45, 7) is 3.71. The molecule has 0 spiro atoms.